The summed E-state index contributed by atoms with van der Waals surface area (Å²) in [6, 6.07) is 9.54. The number of ether oxygens (including phenoxy) is 1. The van der Waals surface area contributed by atoms with Crippen molar-refractivity contribution in [1.29, 1.82) is 0 Å². The van der Waals surface area contributed by atoms with Crippen LogP contribution in [0.15, 0.2) is 30.3 Å². The molecule has 106 valence electrons. The first-order valence-corrected chi connectivity index (χ1v) is 7.33. The highest BCUT2D eigenvalue weighted by Crippen LogP contribution is 2.09. The van der Waals surface area contributed by atoms with Crippen molar-refractivity contribution >= 4 is 17.5 Å². The van der Waals surface area contributed by atoms with Crippen molar-refractivity contribution < 1.29 is 9.53 Å². The zero-order valence-corrected chi connectivity index (χ0v) is 12.2. The second kappa shape index (κ2) is 9.68. The van der Waals surface area contributed by atoms with Gasteiger partial charge in [0, 0.05) is 19.0 Å². The van der Waals surface area contributed by atoms with E-state index in [0.717, 1.165) is 25.1 Å². The molecule has 0 saturated heterocycles. The fourth-order valence-corrected chi connectivity index (χ4v) is 1.95. The Morgan fingerprint density at radius 1 is 1.26 bits per heavy atom. The van der Waals surface area contributed by atoms with E-state index in [-0.39, 0.29) is 5.91 Å². The fourth-order valence-electron chi connectivity index (χ4n) is 1.74. The second-order valence-electron chi connectivity index (χ2n) is 4.33. The second-order valence-corrected chi connectivity index (χ2v) is 4.71. The number of halogens is 1. The molecule has 19 heavy (non-hydrogen) atoms. The Bertz CT molecular complexity index is 356. The van der Waals surface area contributed by atoms with Gasteiger partial charge in [0.05, 0.1) is 13.0 Å². The maximum Gasteiger partial charge on any atom is 0.226 e. The van der Waals surface area contributed by atoms with E-state index in [1.165, 1.54) is 0 Å². The summed E-state index contributed by atoms with van der Waals surface area (Å²) in [5.41, 5.74) is 0. The van der Waals surface area contributed by atoms with E-state index in [2.05, 4.69) is 6.92 Å². The summed E-state index contributed by atoms with van der Waals surface area (Å²) in [5.74, 6) is 1.40. The van der Waals surface area contributed by atoms with Gasteiger partial charge in [-0.3, -0.25) is 4.79 Å². The molecule has 3 nitrogen and oxygen atoms in total. The molecule has 0 atom stereocenters. The van der Waals surface area contributed by atoms with Crippen molar-refractivity contribution in [3.63, 3.8) is 0 Å². The van der Waals surface area contributed by atoms with E-state index in [1.807, 2.05) is 35.2 Å². The van der Waals surface area contributed by atoms with Crippen LogP contribution < -0.4 is 4.74 Å². The molecular formula is C15H22ClNO2. The average molecular weight is 284 g/mol. The van der Waals surface area contributed by atoms with Gasteiger partial charge in [-0.15, -0.1) is 11.6 Å². The number of para-hydroxylation sites is 1. The van der Waals surface area contributed by atoms with Gasteiger partial charge in [-0.25, -0.2) is 0 Å². The lowest BCUT2D eigenvalue weighted by molar-refractivity contribution is -0.131. The zero-order valence-electron chi connectivity index (χ0n) is 11.5. The molecule has 0 aliphatic carbocycles. The number of rotatable bonds is 9. The van der Waals surface area contributed by atoms with Crippen LogP contribution in [0, 0.1) is 0 Å². The standard InChI is InChI=1S/C15H22ClNO2/c1-2-3-11-17(12-10-16)15(18)9-13-19-14-7-5-4-6-8-14/h4-8H,2-3,9-13H2,1H3. The molecule has 0 aliphatic heterocycles. The molecule has 0 radical (unpaired) electrons. The minimum absolute atomic E-state index is 0.116. The van der Waals surface area contributed by atoms with E-state index in [9.17, 15) is 4.79 Å². The molecule has 0 fully saturated rings. The van der Waals surface area contributed by atoms with Gasteiger partial charge in [-0.1, -0.05) is 31.5 Å². The number of nitrogens with zero attached hydrogens (tertiary/aromatic N) is 1. The van der Waals surface area contributed by atoms with Crippen molar-refractivity contribution in [3.05, 3.63) is 30.3 Å². The highest BCUT2D eigenvalue weighted by molar-refractivity contribution is 6.18. The first-order chi connectivity index (χ1) is 9.27. The smallest absolute Gasteiger partial charge is 0.226 e. The van der Waals surface area contributed by atoms with Gasteiger partial charge in [0.15, 0.2) is 0 Å². The number of alkyl halides is 1. The van der Waals surface area contributed by atoms with Gasteiger partial charge in [-0.2, -0.15) is 0 Å². The van der Waals surface area contributed by atoms with E-state index in [1.54, 1.807) is 0 Å². The largest absolute Gasteiger partial charge is 0.493 e. The zero-order chi connectivity index (χ0) is 13.9. The summed E-state index contributed by atoms with van der Waals surface area (Å²) in [6.45, 7) is 3.93. The third-order valence-electron chi connectivity index (χ3n) is 2.82. The molecule has 0 aromatic heterocycles. The van der Waals surface area contributed by atoms with Crippen LogP contribution in [0.3, 0.4) is 0 Å². The Hall–Kier alpha value is -1.22. The molecule has 0 unspecified atom stereocenters. The normalized spacial score (nSPS) is 10.2. The molecule has 0 saturated carbocycles. The van der Waals surface area contributed by atoms with Crippen LogP contribution in [-0.4, -0.2) is 36.4 Å². The van der Waals surface area contributed by atoms with Crippen molar-refractivity contribution in [2.75, 3.05) is 25.6 Å². The lowest BCUT2D eigenvalue weighted by Crippen LogP contribution is -2.34. The van der Waals surface area contributed by atoms with Crippen LogP contribution in [-0.2, 0) is 4.79 Å². The van der Waals surface area contributed by atoms with E-state index >= 15 is 0 Å². The number of benzene rings is 1. The summed E-state index contributed by atoms with van der Waals surface area (Å²) < 4.78 is 5.53. The predicted molar refractivity (Wildman–Crippen MR) is 78.8 cm³/mol. The Labute approximate surface area is 120 Å². The number of carbonyl (C=O) groups excluding carboxylic acids is 1. The van der Waals surface area contributed by atoms with Crippen LogP contribution in [0.5, 0.6) is 5.75 Å². The summed E-state index contributed by atoms with van der Waals surface area (Å²) in [5, 5.41) is 0. The van der Waals surface area contributed by atoms with Crippen molar-refractivity contribution in [3.8, 4) is 5.75 Å². The molecule has 0 spiro atoms. The molecule has 4 heteroatoms. The highest BCUT2D eigenvalue weighted by atomic mass is 35.5. The van der Waals surface area contributed by atoms with Gasteiger partial charge in [-0.05, 0) is 18.6 Å². The van der Waals surface area contributed by atoms with Gasteiger partial charge < -0.3 is 9.64 Å². The highest BCUT2D eigenvalue weighted by Gasteiger charge is 2.12. The number of hydrogen-bond donors (Lipinski definition) is 0. The van der Waals surface area contributed by atoms with Crippen LogP contribution >= 0.6 is 11.6 Å². The molecular weight excluding hydrogens is 262 g/mol. The quantitative estimate of drug-likeness (QED) is 0.651. The third-order valence-corrected chi connectivity index (χ3v) is 2.99. The Morgan fingerprint density at radius 2 is 2.00 bits per heavy atom. The monoisotopic (exact) mass is 283 g/mol. The van der Waals surface area contributed by atoms with Gasteiger partial charge in [0.1, 0.15) is 5.75 Å². The maximum absolute atomic E-state index is 12.0. The van der Waals surface area contributed by atoms with Crippen LogP contribution in [0.25, 0.3) is 0 Å². The predicted octanol–water partition coefficient (Wildman–Crippen LogP) is 3.32. The van der Waals surface area contributed by atoms with Crippen LogP contribution in [0.1, 0.15) is 26.2 Å². The van der Waals surface area contributed by atoms with Crippen molar-refractivity contribution in [2.24, 2.45) is 0 Å². The van der Waals surface area contributed by atoms with Gasteiger partial charge >= 0.3 is 0 Å². The molecule has 0 N–H and O–H groups in total. The van der Waals surface area contributed by atoms with Crippen molar-refractivity contribution in [1.82, 2.24) is 4.90 Å². The lowest BCUT2D eigenvalue weighted by Gasteiger charge is -2.21. The molecule has 0 heterocycles. The topological polar surface area (TPSA) is 29.5 Å². The Morgan fingerprint density at radius 3 is 2.63 bits per heavy atom. The number of unbranched alkanes of at least 4 members (excludes halogenated alkanes) is 1. The minimum atomic E-state index is 0.116. The van der Waals surface area contributed by atoms with E-state index in [0.29, 0.717) is 25.5 Å². The summed E-state index contributed by atoms with van der Waals surface area (Å²) in [6.07, 6.45) is 2.49. The summed E-state index contributed by atoms with van der Waals surface area (Å²) >= 11 is 5.72. The lowest BCUT2D eigenvalue weighted by atomic mass is 10.3. The first kappa shape index (κ1) is 15.8. The minimum Gasteiger partial charge on any atom is -0.493 e. The fraction of sp³-hybridized carbons (Fsp3) is 0.533. The van der Waals surface area contributed by atoms with E-state index < -0.39 is 0 Å². The summed E-state index contributed by atoms with van der Waals surface area (Å²) in [4.78, 5) is 13.8. The van der Waals surface area contributed by atoms with Gasteiger partial charge in [0.2, 0.25) is 5.91 Å². The molecule has 0 aliphatic rings. The number of amides is 1. The molecule has 0 bridgehead atoms. The van der Waals surface area contributed by atoms with Crippen LogP contribution in [0.2, 0.25) is 0 Å². The van der Waals surface area contributed by atoms with Gasteiger partial charge in [0.25, 0.3) is 0 Å². The average Bonchev–Trinajstić information content (AvgIpc) is 2.44. The molecule has 1 rings (SSSR count). The SMILES string of the molecule is CCCCN(CCCl)C(=O)CCOc1ccccc1. The first-order valence-electron chi connectivity index (χ1n) is 6.79. The molecule has 1 aromatic rings. The van der Waals surface area contributed by atoms with Crippen LogP contribution in [0.4, 0.5) is 0 Å². The summed E-state index contributed by atoms with van der Waals surface area (Å²) in [7, 11) is 0. The third kappa shape index (κ3) is 6.48. The Kier molecular flexibility index (Phi) is 8.07. The molecule has 1 amide bonds. The number of hydrogen-bond acceptors (Lipinski definition) is 2. The molecule has 1 aromatic carbocycles. The Balaban J connectivity index is 2.31. The van der Waals surface area contributed by atoms with Crippen molar-refractivity contribution in [2.45, 2.75) is 26.2 Å². The van der Waals surface area contributed by atoms with E-state index in [4.69, 9.17) is 16.3 Å². The maximum atomic E-state index is 12.0. The number of carbonyl (C=O) groups is 1.